The van der Waals surface area contributed by atoms with E-state index in [-0.39, 0.29) is 5.91 Å². The Hall–Kier alpha value is -1.96. The van der Waals surface area contributed by atoms with Gasteiger partial charge < -0.3 is 15.6 Å². The minimum Gasteiger partial charge on any atom is -0.384 e. The quantitative estimate of drug-likeness (QED) is 0.786. The smallest absolute Gasteiger partial charge is 0.216 e. The maximum atomic E-state index is 10.7. The average molecular weight is 220 g/mol. The second kappa shape index (κ2) is 4.71. The fraction of sp³-hybridized carbons (Fsp3) is 0.455. The van der Waals surface area contributed by atoms with Crippen LogP contribution in [0.2, 0.25) is 0 Å². The van der Waals surface area contributed by atoms with Crippen molar-refractivity contribution >= 4 is 11.7 Å². The summed E-state index contributed by atoms with van der Waals surface area (Å²) < 4.78 is 1.85. The number of nitrogen functional groups attached to an aromatic ring is 1. The molecule has 1 heterocycles. The Morgan fingerprint density at radius 2 is 2.19 bits per heavy atom. The summed E-state index contributed by atoms with van der Waals surface area (Å²) in [6.45, 7) is 6.36. The van der Waals surface area contributed by atoms with Gasteiger partial charge in [0.25, 0.3) is 0 Å². The summed E-state index contributed by atoms with van der Waals surface area (Å²) in [5.74, 6) is 0.406. The predicted octanol–water partition coefficient (Wildman–Crippen LogP) is 0.695. The van der Waals surface area contributed by atoms with Crippen LogP contribution in [0.1, 0.15) is 23.7 Å². The highest BCUT2D eigenvalue weighted by atomic mass is 16.1. The first-order valence-electron chi connectivity index (χ1n) is 5.08. The Bertz CT molecular complexity index is 454. The van der Waals surface area contributed by atoms with Crippen molar-refractivity contribution in [3.05, 3.63) is 16.8 Å². The Morgan fingerprint density at radius 3 is 2.62 bits per heavy atom. The molecule has 1 amide bonds. The maximum Gasteiger partial charge on any atom is 0.216 e. The molecule has 1 aromatic rings. The molecule has 3 N–H and O–H groups in total. The molecule has 0 bridgehead atoms. The van der Waals surface area contributed by atoms with Gasteiger partial charge in [0.15, 0.2) is 0 Å². The van der Waals surface area contributed by atoms with Crippen molar-refractivity contribution < 1.29 is 4.79 Å². The summed E-state index contributed by atoms with van der Waals surface area (Å²) in [7, 11) is 0. The van der Waals surface area contributed by atoms with Crippen LogP contribution in [0.15, 0.2) is 0 Å². The third-order valence-corrected chi connectivity index (χ3v) is 2.69. The van der Waals surface area contributed by atoms with Crippen LogP contribution in [0.3, 0.4) is 0 Å². The Morgan fingerprint density at radius 1 is 1.56 bits per heavy atom. The lowest BCUT2D eigenvalue weighted by atomic mass is 10.2. The van der Waals surface area contributed by atoms with Gasteiger partial charge in [-0.3, -0.25) is 4.79 Å². The topological polar surface area (TPSA) is 83.8 Å². The lowest BCUT2D eigenvalue weighted by Gasteiger charge is -2.09. The minimum absolute atomic E-state index is 0.0689. The molecule has 5 nitrogen and oxygen atoms in total. The molecule has 0 aromatic carbocycles. The first kappa shape index (κ1) is 12.1. The molecular weight excluding hydrogens is 204 g/mol. The molecule has 1 aromatic heterocycles. The van der Waals surface area contributed by atoms with Gasteiger partial charge in [-0.05, 0) is 19.4 Å². The summed E-state index contributed by atoms with van der Waals surface area (Å²) >= 11 is 0. The minimum atomic E-state index is -0.0689. The summed E-state index contributed by atoms with van der Waals surface area (Å²) in [6.07, 6.45) is 0. The van der Waals surface area contributed by atoms with E-state index < -0.39 is 0 Å². The van der Waals surface area contributed by atoms with Crippen LogP contribution in [-0.2, 0) is 11.3 Å². The summed E-state index contributed by atoms with van der Waals surface area (Å²) in [5, 5.41) is 11.6. The van der Waals surface area contributed by atoms with Crippen LogP contribution in [0, 0.1) is 25.2 Å². The van der Waals surface area contributed by atoms with Gasteiger partial charge in [0.2, 0.25) is 5.91 Å². The molecule has 0 spiro atoms. The zero-order valence-corrected chi connectivity index (χ0v) is 9.79. The van der Waals surface area contributed by atoms with Crippen molar-refractivity contribution in [1.29, 1.82) is 5.26 Å². The maximum absolute atomic E-state index is 10.7. The van der Waals surface area contributed by atoms with Gasteiger partial charge in [0.1, 0.15) is 11.9 Å². The van der Waals surface area contributed by atoms with Crippen molar-refractivity contribution in [1.82, 2.24) is 9.88 Å². The number of carbonyl (C=O) groups is 1. The fourth-order valence-corrected chi connectivity index (χ4v) is 1.66. The number of hydrogen-bond donors (Lipinski definition) is 2. The largest absolute Gasteiger partial charge is 0.384 e. The van der Waals surface area contributed by atoms with Crippen LogP contribution in [-0.4, -0.2) is 17.0 Å². The summed E-state index contributed by atoms with van der Waals surface area (Å²) in [5.41, 5.74) is 8.27. The van der Waals surface area contributed by atoms with E-state index in [1.165, 1.54) is 6.92 Å². The average Bonchev–Trinajstić information content (AvgIpc) is 2.41. The molecule has 5 heteroatoms. The Labute approximate surface area is 94.8 Å². The normalized spacial score (nSPS) is 9.88. The monoisotopic (exact) mass is 220 g/mol. The van der Waals surface area contributed by atoms with E-state index in [1.807, 2.05) is 18.4 Å². The van der Waals surface area contributed by atoms with E-state index in [0.717, 1.165) is 11.3 Å². The number of carbonyl (C=O) groups excluding carboxylic acids is 1. The second-order valence-corrected chi connectivity index (χ2v) is 3.72. The molecule has 1 rings (SSSR count). The number of nitrogens with two attached hydrogens (primary N) is 1. The zero-order chi connectivity index (χ0) is 12.3. The molecule has 0 unspecified atom stereocenters. The molecule has 16 heavy (non-hydrogen) atoms. The third kappa shape index (κ3) is 2.16. The van der Waals surface area contributed by atoms with Gasteiger partial charge in [-0.1, -0.05) is 0 Å². The summed E-state index contributed by atoms with van der Waals surface area (Å²) in [6, 6.07) is 2.09. The zero-order valence-electron chi connectivity index (χ0n) is 9.79. The molecule has 0 saturated carbocycles. The number of amides is 1. The third-order valence-electron chi connectivity index (χ3n) is 2.69. The molecule has 86 valence electrons. The van der Waals surface area contributed by atoms with Crippen molar-refractivity contribution in [3.63, 3.8) is 0 Å². The number of hydrogen-bond acceptors (Lipinski definition) is 3. The van der Waals surface area contributed by atoms with Crippen LogP contribution in [0.25, 0.3) is 0 Å². The van der Waals surface area contributed by atoms with Gasteiger partial charge >= 0.3 is 0 Å². The summed E-state index contributed by atoms with van der Waals surface area (Å²) in [4.78, 5) is 10.7. The predicted molar refractivity (Wildman–Crippen MR) is 61.7 cm³/mol. The number of anilines is 1. The standard InChI is InChI=1S/C11H16N4O/c1-7-8(2)15(5-4-14-9(3)16)11(13)10(7)6-12/h4-5,13H2,1-3H3,(H,14,16). The van der Waals surface area contributed by atoms with Crippen LogP contribution in [0.4, 0.5) is 5.82 Å². The van der Waals surface area contributed by atoms with Crippen molar-refractivity contribution in [2.45, 2.75) is 27.3 Å². The number of nitriles is 1. The highest BCUT2D eigenvalue weighted by Gasteiger charge is 2.14. The molecular formula is C11H16N4O. The number of aromatic nitrogens is 1. The van der Waals surface area contributed by atoms with Gasteiger partial charge in [0, 0.05) is 25.7 Å². The van der Waals surface area contributed by atoms with E-state index >= 15 is 0 Å². The van der Waals surface area contributed by atoms with E-state index in [9.17, 15) is 4.79 Å². The fourth-order valence-electron chi connectivity index (χ4n) is 1.66. The van der Waals surface area contributed by atoms with E-state index in [4.69, 9.17) is 11.0 Å². The Balaban J connectivity index is 2.89. The van der Waals surface area contributed by atoms with Crippen molar-refractivity contribution in [2.75, 3.05) is 12.3 Å². The molecule has 0 atom stereocenters. The SMILES string of the molecule is CC(=O)NCCn1c(C)c(C)c(C#N)c1N. The number of nitrogens with zero attached hydrogens (tertiary/aromatic N) is 2. The molecule has 0 aliphatic heterocycles. The van der Waals surface area contributed by atoms with Gasteiger partial charge in [-0.2, -0.15) is 5.26 Å². The van der Waals surface area contributed by atoms with Gasteiger partial charge in [0.05, 0.1) is 5.56 Å². The van der Waals surface area contributed by atoms with Crippen molar-refractivity contribution in [3.8, 4) is 6.07 Å². The van der Waals surface area contributed by atoms with Gasteiger partial charge in [-0.25, -0.2) is 0 Å². The lowest BCUT2D eigenvalue weighted by molar-refractivity contribution is -0.118. The molecule has 0 aliphatic rings. The molecule has 0 fully saturated rings. The highest BCUT2D eigenvalue weighted by Crippen LogP contribution is 2.22. The number of rotatable bonds is 3. The molecule has 0 radical (unpaired) electrons. The van der Waals surface area contributed by atoms with E-state index in [1.54, 1.807) is 0 Å². The van der Waals surface area contributed by atoms with Crippen LogP contribution >= 0.6 is 0 Å². The number of nitrogens with one attached hydrogen (secondary N) is 1. The van der Waals surface area contributed by atoms with E-state index in [2.05, 4.69) is 11.4 Å². The molecule has 0 saturated heterocycles. The van der Waals surface area contributed by atoms with Gasteiger partial charge in [-0.15, -0.1) is 0 Å². The first-order chi connectivity index (χ1) is 7.49. The second-order valence-electron chi connectivity index (χ2n) is 3.72. The van der Waals surface area contributed by atoms with Crippen molar-refractivity contribution in [2.24, 2.45) is 0 Å². The highest BCUT2D eigenvalue weighted by molar-refractivity contribution is 5.72. The lowest BCUT2D eigenvalue weighted by Crippen LogP contribution is -2.25. The Kier molecular flexibility index (Phi) is 3.56. The van der Waals surface area contributed by atoms with E-state index in [0.29, 0.717) is 24.5 Å². The van der Waals surface area contributed by atoms with Crippen LogP contribution < -0.4 is 11.1 Å². The van der Waals surface area contributed by atoms with Crippen LogP contribution in [0.5, 0.6) is 0 Å². The first-order valence-corrected chi connectivity index (χ1v) is 5.08. The molecule has 0 aliphatic carbocycles.